The Hall–Kier alpha value is -2.35. The van der Waals surface area contributed by atoms with Crippen LogP contribution < -0.4 is 4.57 Å². The molecule has 1 aliphatic rings. The van der Waals surface area contributed by atoms with E-state index in [-0.39, 0.29) is 11.0 Å². The fourth-order valence-corrected chi connectivity index (χ4v) is 5.15. The molecule has 0 N–H and O–H groups in total. The molecule has 0 radical (unpaired) electrons. The zero-order chi connectivity index (χ0) is 17.6. The SMILES string of the molecule is CCC1(C)[n+]2ccn3c4c(C)cccc4c4cccc(c4c32)C1(C)C. The van der Waals surface area contributed by atoms with E-state index in [0.717, 1.165) is 6.42 Å². The van der Waals surface area contributed by atoms with Gasteiger partial charge in [-0.15, -0.1) is 0 Å². The summed E-state index contributed by atoms with van der Waals surface area (Å²) in [6.07, 6.45) is 5.66. The summed E-state index contributed by atoms with van der Waals surface area (Å²) in [4.78, 5) is 0. The third-order valence-electron chi connectivity index (χ3n) is 7.12. The lowest BCUT2D eigenvalue weighted by atomic mass is 9.64. The Morgan fingerprint density at radius 1 is 1.00 bits per heavy atom. The van der Waals surface area contributed by atoms with Gasteiger partial charge in [0.1, 0.15) is 23.4 Å². The molecule has 0 spiro atoms. The fourth-order valence-electron chi connectivity index (χ4n) is 5.15. The molecule has 0 aliphatic carbocycles. The monoisotopic (exact) mass is 329 g/mol. The van der Waals surface area contributed by atoms with Crippen molar-refractivity contribution in [2.75, 3.05) is 0 Å². The van der Waals surface area contributed by atoms with Crippen LogP contribution in [-0.2, 0) is 11.0 Å². The number of pyridine rings is 1. The van der Waals surface area contributed by atoms with E-state index in [1.54, 1.807) is 0 Å². The standard InChI is InChI=1S/C23H25N2/c1-6-23(5)22(3,4)18-12-8-10-16-17-11-7-9-15(2)20(17)24-13-14-25(23)21(24)19(16)18/h7-14H,6H2,1-5H3/q+1. The predicted molar refractivity (Wildman–Crippen MR) is 104 cm³/mol. The average molecular weight is 329 g/mol. The number of hydrogen-bond donors (Lipinski definition) is 0. The molecule has 0 amide bonds. The molecule has 0 fully saturated rings. The maximum atomic E-state index is 2.54. The first kappa shape index (κ1) is 14.9. The predicted octanol–water partition coefficient (Wildman–Crippen LogP) is 5.26. The number of hydrogen-bond acceptors (Lipinski definition) is 0. The Labute approximate surface area is 148 Å². The van der Waals surface area contributed by atoms with Crippen LogP contribution in [0.2, 0.25) is 0 Å². The molecule has 0 saturated carbocycles. The molecule has 1 atom stereocenters. The van der Waals surface area contributed by atoms with Crippen molar-refractivity contribution in [1.29, 1.82) is 0 Å². The average Bonchev–Trinajstić information content (AvgIpc) is 3.05. The zero-order valence-electron chi connectivity index (χ0n) is 15.7. The van der Waals surface area contributed by atoms with Crippen LogP contribution >= 0.6 is 0 Å². The molecule has 2 aromatic heterocycles. The van der Waals surface area contributed by atoms with E-state index in [4.69, 9.17) is 0 Å². The van der Waals surface area contributed by atoms with E-state index in [1.165, 1.54) is 38.4 Å². The number of nitrogens with zero attached hydrogens (tertiary/aromatic N) is 2. The molecule has 4 aromatic rings. The molecule has 2 nitrogen and oxygen atoms in total. The van der Waals surface area contributed by atoms with Crippen molar-refractivity contribution < 1.29 is 4.57 Å². The third kappa shape index (κ3) is 1.50. The summed E-state index contributed by atoms with van der Waals surface area (Å²) in [5.74, 6) is 0. The first-order valence-corrected chi connectivity index (χ1v) is 9.29. The Bertz CT molecular complexity index is 1180. The fraction of sp³-hybridized carbons (Fsp3) is 0.348. The highest BCUT2D eigenvalue weighted by Gasteiger charge is 2.51. The van der Waals surface area contributed by atoms with Gasteiger partial charge in [-0.25, -0.2) is 4.57 Å². The second kappa shape index (κ2) is 4.43. The number of aromatic nitrogens is 2. The quantitative estimate of drug-likeness (QED) is 0.333. The number of fused-ring (bicyclic) bond motifs is 3. The van der Waals surface area contributed by atoms with Crippen LogP contribution in [0.3, 0.4) is 0 Å². The van der Waals surface area contributed by atoms with Gasteiger partial charge in [0.05, 0.1) is 5.39 Å². The normalized spacial score (nSPS) is 21.6. The van der Waals surface area contributed by atoms with E-state index in [1.807, 2.05) is 0 Å². The second-order valence-corrected chi connectivity index (χ2v) is 8.31. The molecule has 5 rings (SSSR count). The van der Waals surface area contributed by atoms with Gasteiger partial charge in [-0.3, -0.25) is 0 Å². The maximum absolute atomic E-state index is 2.54. The van der Waals surface area contributed by atoms with Gasteiger partial charge >= 0.3 is 0 Å². The van der Waals surface area contributed by atoms with Crippen LogP contribution in [0, 0.1) is 6.92 Å². The first-order chi connectivity index (χ1) is 11.9. The summed E-state index contributed by atoms with van der Waals surface area (Å²) in [7, 11) is 0. The van der Waals surface area contributed by atoms with E-state index < -0.39 is 0 Å². The van der Waals surface area contributed by atoms with E-state index in [2.05, 4.69) is 92.4 Å². The molecule has 2 heteroatoms. The molecule has 126 valence electrons. The first-order valence-electron chi connectivity index (χ1n) is 9.29. The largest absolute Gasteiger partial charge is 0.295 e. The van der Waals surface area contributed by atoms with Crippen molar-refractivity contribution in [3.8, 4) is 0 Å². The summed E-state index contributed by atoms with van der Waals surface area (Å²) >= 11 is 0. The highest BCUT2D eigenvalue weighted by atomic mass is 15.2. The van der Waals surface area contributed by atoms with Gasteiger partial charge in [-0.1, -0.05) is 57.2 Å². The number of rotatable bonds is 1. The van der Waals surface area contributed by atoms with Gasteiger partial charge < -0.3 is 0 Å². The summed E-state index contributed by atoms with van der Waals surface area (Å²) < 4.78 is 4.95. The summed E-state index contributed by atoms with van der Waals surface area (Å²) in [5.41, 5.74) is 5.60. The van der Waals surface area contributed by atoms with Crippen molar-refractivity contribution in [2.45, 2.75) is 52.0 Å². The van der Waals surface area contributed by atoms with Crippen LogP contribution in [0.5, 0.6) is 0 Å². The lowest BCUT2D eigenvalue weighted by Gasteiger charge is -2.44. The maximum Gasteiger partial charge on any atom is 0.295 e. The summed E-state index contributed by atoms with van der Waals surface area (Å²) in [5, 5.41) is 4.15. The highest BCUT2D eigenvalue weighted by molar-refractivity contribution is 6.13. The van der Waals surface area contributed by atoms with E-state index in [9.17, 15) is 0 Å². The van der Waals surface area contributed by atoms with Crippen LogP contribution in [0.4, 0.5) is 0 Å². The molecule has 0 saturated heterocycles. The van der Waals surface area contributed by atoms with Gasteiger partial charge in [0, 0.05) is 16.2 Å². The molecule has 1 unspecified atom stereocenters. The minimum atomic E-state index is 0.0550. The topological polar surface area (TPSA) is 8.29 Å². The van der Waals surface area contributed by atoms with Crippen LogP contribution in [0.15, 0.2) is 48.8 Å². The van der Waals surface area contributed by atoms with Crippen molar-refractivity contribution in [1.82, 2.24) is 4.40 Å². The van der Waals surface area contributed by atoms with E-state index in [0.29, 0.717) is 0 Å². The van der Waals surface area contributed by atoms with Crippen LogP contribution in [0.25, 0.3) is 27.3 Å². The van der Waals surface area contributed by atoms with Gasteiger partial charge in [0.2, 0.25) is 0 Å². The van der Waals surface area contributed by atoms with Crippen molar-refractivity contribution in [3.05, 3.63) is 59.9 Å². The van der Waals surface area contributed by atoms with Crippen molar-refractivity contribution >= 4 is 27.3 Å². The second-order valence-electron chi connectivity index (χ2n) is 8.31. The Balaban J connectivity index is 2.19. The molecule has 25 heavy (non-hydrogen) atoms. The Morgan fingerprint density at radius 3 is 2.48 bits per heavy atom. The third-order valence-corrected chi connectivity index (χ3v) is 7.12. The molecular weight excluding hydrogens is 304 g/mol. The van der Waals surface area contributed by atoms with Gasteiger partial charge in [-0.2, -0.15) is 4.40 Å². The van der Waals surface area contributed by atoms with Crippen molar-refractivity contribution in [3.63, 3.8) is 0 Å². The highest BCUT2D eigenvalue weighted by Crippen LogP contribution is 2.47. The van der Waals surface area contributed by atoms with Gasteiger partial charge in [0.15, 0.2) is 0 Å². The smallest absolute Gasteiger partial charge is 0.224 e. The summed E-state index contributed by atoms with van der Waals surface area (Å²) in [6, 6.07) is 13.5. The molecule has 0 bridgehead atoms. The van der Waals surface area contributed by atoms with Gasteiger partial charge in [-0.05, 0) is 31.4 Å². The number of imidazole rings is 1. The zero-order valence-corrected chi connectivity index (χ0v) is 15.7. The van der Waals surface area contributed by atoms with Gasteiger partial charge in [0.25, 0.3) is 5.65 Å². The number of para-hydroxylation sites is 1. The lowest BCUT2D eigenvalue weighted by molar-refractivity contribution is -0.749. The molecule has 1 aliphatic heterocycles. The van der Waals surface area contributed by atoms with E-state index >= 15 is 0 Å². The number of aryl methyl sites for hydroxylation is 1. The molecular formula is C23H25N2+. The van der Waals surface area contributed by atoms with Crippen molar-refractivity contribution in [2.24, 2.45) is 0 Å². The Morgan fingerprint density at radius 2 is 1.72 bits per heavy atom. The minimum absolute atomic E-state index is 0.0550. The molecule has 2 aromatic carbocycles. The molecule has 3 heterocycles. The number of benzene rings is 2. The summed E-state index contributed by atoms with van der Waals surface area (Å²) in [6.45, 7) is 11.8. The Kier molecular flexibility index (Phi) is 2.65. The lowest BCUT2D eigenvalue weighted by Crippen LogP contribution is -2.65. The minimum Gasteiger partial charge on any atom is -0.224 e. The van der Waals surface area contributed by atoms with Crippen LogP contribution in [0.1, 0.15) is 45.2 Å². The van der Waals surface area contributed by atoms with Crippen LogP contribution in [-0.4, -0.2) is 4.40 Å².